The summed E-state index contributed by atoms with van der Waals surface area (Å²) in [4.78, 5) is 11.1. The Morgan fingerprint density at radius 1 is 1.31 bits per heavy atom. The van der Waals surface area contributed by atoms with Gasteiger partial charge in [0.05, 0.1) is 16.5 Å². The van der Waals surface area contributed by atoms with Crippen LogP contribution >= 0.6 is 23.2 Å². The molecule has 0 unspecified atom stereocenters. The lowest BCUT2D eigenvalue weighted by Crippen LogP contribution is -2.11. The highest BCUT2D eigenvalue weighted by Gasteiger charge is 2.35. The highest BCUT2D eigenvalue weighted by atomic mass is 35.5. The van der Waals surface area contributed by atoms with E-state index in [0.29, 0.717) is 6.07 Å². The van der Waals surface area contributed by atoms with Gasteiger partial charge in [0.2, 0.25) is 0 Å². The lowest BCUT2D eigenvalue weighted by molar-refractivity contribution is -0.140. The maximum Gasteiger partial charge on any atom is 0.419 e. The minimum atomic E-state index is -4.85. The van der Waals surface area contributed by atoms with Gasteiger partial charge >= 0.3 is 6.18 Å². The molecule has 0 saturated heterocycles. The monoisotopic (exact) mass is 274 g/mol. The van der Waals surface area contributed by atoms with Gasteiger partial charge in [-0.05, 0) is 12.1 Å². The van der Waals surface area contributed by atoms with Crippen LogP contribution in [0.3, 0.4) is 0 Å². The third-order valence-electron chi connectivity index (χ3n) is 1.81. The van der Waals surface area contributed by atoms with Crippen LogP contribution in [0.25, 0.3) is 0 Å². The summed E-state index contributed by atoms with van der Waals surface area (Å²) in [5.74, 6) is -2.88. The van der Waals surface area contributed by atoms with Gasteiger partial charge in [-0.15, -0.1) is 11.6 Å². The first-order chi connectivity index (χ1) is 7.29. The third kappa shape index (κ3) is 2.47. The summed E-state index contributed by atoms with van der Waals surface area (Å²) in [6.45, 7) is 0. The second-order valence-corrected chi connectivity index (χ2v) is 3.49. The number of carbonyl (C=O) groups excluding carboxylic acids is 1. The standard InChI is InChI=1S/C9H4Cl2F4O/c10-3-6(16)4-1-2-5(9(13,14)15)8(12)7(4)11/h1-2H,3H2. The van der Waals surface area contributed by atoms with E-state index >= 15 is 0 Å². The van der Waals surface area contributed by atoms with Gasteiger partial charge in [0.15, 0.2) is 11.6 Å². The minimum absolute atomic E-state index is 0.359. The fourth-order valence-electron chi connectivity index (χ4n) is 1.06. The Bertz CT molecular complexity index is 428. The Kier molecular flexibility index (Phi) is 3.80. The molecular weight excluding hydrogens is 271 g/mol. The number of Topliss-reactive ketones (excluding diaryl/α,β-unsaturated/α-hetero) is 1. The van der Waals surface area contributed by atoms with E-state index in [4.69, 9.17) is 23.2 Å². The number of halogens is 6. The quantitative estimate of drug-likeness (QED) is 0.454. The SMILES string of the molecule is O=C(CCl)c1ccc(C(F)(F)F)c(F)c1Cl. The van der Waals surface area contributed by atoms with E-state index < -0.39 is 34.2 Å². The molecule has 0 saturated carbocycles. The van der Waals surface area contributed by atoms with Crippen LogP contribution in [0.2, 0.25) is 5.02 Å². The normalized spacial score (nSPS) is 11.6. The molecule has 0 heterocycles. The van der Waals surface area contributed by atoms with Gasteiger partial charge in [-0.3, -0.25) is 4.79 Å². The van der Waals surface area contributed by atoms with Gasteiger partial charge in [-0.25, -0.2) is 4.39 Å². The number of hydrogen-bond donors (Lipinski definition) is 0. The van der Waals surface area contributed by atoms with Crippen LogP contribution in [0.5, 0.6) is 0 Å². The molecule has 0 fully saturated rings. The van der Waals surface area contributed by atoms with Gasteiger partial charge < -0.3 is 0 Å². The summed E-state index contributed by atoms with van der Waals surface area (Å²) in [5.41, 5.74) is -1.87. The van der Waals surface area contributed by atoms with E-state index in [-0.39, 0.29) is 5.56 Å². The molecule has 1 nitrogen and oxygen atoms in total. The van der Waals surface area contributed by atoms with Gasteiger partial charge in [-0.2, -0.15) is 13.2 Å². The first-order valence-electron chi connectivity index (χ1n) is 3.93. The zero-order chi connectivity index (χ0) is 12.5. The van der Waals surface area contributed by atoms with E-state index in [1.165, 1.54) is 0 Å². The molecule has 1 rings (SSSR count). The van der Waals surface area contributed by atoms with Crippen molar-refractivity contribution in [3.8, 4) is 0 Å². The number of rotatable bonds is 2. The Hall–Kier alpha value is -0.810. The summed E-state index contributed by atoms with van der Waals surface area (Å²) in [6.07, 6.45) is -4.85. The molecular formula is C9H4Cl2F4O. The van der Waals surface area contributed by atoms with Crippen LogP contribution in [0.15, 0.2) is 12.1 Å². The minimum Gasteiger partial charge on any atom is -0.293 e. The first-order valence-corrected chi connectivity index (χ1v) is 4.84. The van der Waals surface area contributed by atoms with E-state index in [9.17, 15) is 22.4 Å². The van der Waals surface area contributed by atoms with Crippen LogP contribution in [0.4, 0.5) is 17.6 Å². The van der Waals surface area contributed by atoms with Crippen molar-refractivity contribution in [2.75, 3.05) is 5.88 Å². The topological polar surface area (TPSA) is 17.1 Å². The fraction of sp³-hybridized carbons (Fsp3) is 0.222. The predicted octanol–water partition coefficient (Wildman–Crippen LogP) is 3.92. The van der Waals surface area contributed by atoms with Crippen molar-refractivity contribution in [3.05, 3.63) is 34.1 Å². The Morgan fingerprint density at radius 3 is 2.31 bits per heavy atom. The van der Waals surface area contributed by atoms with Crippen LogP contribution in [-0.2, 0) is 6.18 Å². The van der Waals surface area contributed by atoms with Gasteiger partial charge in [0.25, 0.3) is 0 Å². The van der Waals surface area contributed by atoms with Crippen molar-refractivity contribution in [1.82, 2.24) is 0 Å². The molecule has 0 aromatic heterocycles. The van der Waals surface area contributed by atoms with Crippen molar-refractivity contribution in [2.24, 2.45) is 0 Å². The summed E-state index contributed by atoms with van der Waals surface area (Å²) in [7, 11) is 0. The molecule has 88 valence electrons. The molecule has 0 aliphatic carbocycles. The van der Waals surface area contributed by atoms with Crippen molar-refractivity contribution < 1.29 is 22.4 Å². The summed E-state index contributed by atoms with van der Waals surface area (Å²) in [6, 6.07) is 1.26. The molecule has 0 amide bonds. The van der Waals surface area contributed by atoms with Gasteiger partial charge in [0.1, 0.15) is 0 Å². The van der Waals surface area contributed by atoms with Crippen LogP contribution < -0.4 is 0 Å². The van der Waals surface area contributed by atoms with Crippen molar-refractivity contribution in [2.45, 2.75) is 6.18 Å². The molecule has 0 aliphatic rings. The van der Waals surface area contributed by atoms with E-state index in [1.54, 1.807) is 0 Å². The molecule has 1 aromatic carbocycles. The molecule has 0 spiro atoms. The first kappa shape index (κ1) is 13.3. The molecule has 0 N–H and O–H groups in total. The summed E-state index contributed by atoms with van der Waals surface area (Å²) in [5, 5.41) is -0.861. The smallest absolute Gasteiger partial charge is 0.293 e. The molecule has 0 atom stereocenters. The van der Waals surface area contributed by atoms with E-state index in [0.717, 1.165) is 6.07 Å². The second kappa shape index (κ2) is 4.59. The fourth-order valence-corrected chi connectivity index (χ4v) is 1.47. The molecule has 16 heavy (non-hydrogen) atoms. The van der Waals surface area contributed by atoms with Gasteiger partial charge in [-0.1, -0.05) is 11.6 Å². The van der Waals surface area contributed by atoms with Crippen LogP contribution in [-0.4, -0.2) is 11.7 Å². The number of hydrogen-bond acceptors (Lipinski definition) is 1. The largest absolute Gasteiger partial charge is 0.419 e. The highest BCUT2D eigenvalue weighted by Crippen LogP contribution is 2.35. The maximum absolute atomic E-state index is 13.2. The average Bonchev–Trinajstić information content (AvgIpc) is 2.19. The molecule has 0 aliphatic heterocycles. The number of benzene rings is 1. The second-order valence-electron chi connectivity index (χ2n) is 2.84. The number of ketones is 1. The van der Waals surface area contributed by atoms with Crippen LogP contribution in [0.1, 0.15) is 15.9 Å². The van der Waals surface area contributed by atoms with Crippen molar-refractivity contribution >= 4 is 29.0 Å². The van der Waals surface area contributed by atoms with E-state index in [1.807, 2.05) is 0 Å². The van der Waals surface area contributed by atoms with Crippen LogP contribution in [0, 0.1) is 5.82 Å². The Morgan fingerprint density at radius 2 is 1.88 bits per heavy atom. The molecule has 7 heteroatoms. The summed E-state index contributed by atoms with van der Waals surface area (Å²) >= 11 is 10.5. The zero-order valence-corrected chi connectivity index (χ0v) is 9.05. The maximum atomic E-state index is 13.2. The van der Waals surface area contributed by atoms with Crippen molar-refractivity contribution in [3.63, 3.8) is 0 Å². The Labute approximate surface area is 98.0 Å². The highest BCUT2D eigenvalue weighted by molar-refractivity contribution is 6.37. The predicted molar refractivity (Wildman–Crippen MR) is 51.5 cm³/mol. The lowest BCUT2D eigenvalue weighted by Gasteiger charge is -2.10. The lowest BCUT2D eigenvalue weighted by atomic mass is 10.1. The van der Waals surface area contributed by atoms with Gasteiger partial charge in [0, 0.05) is 5.56 Å². The Balaban J connectivity index is 3.35. The third-order valence-corrected chi connectivity index (χ3v) is 2.42. The summed E-state index contributed by atoms with van der Waals surface area (Å²) < 4.78 is 49.9. The average molecular weight is 275 g/mol. The zero-order valence-electron chi connectivity index (χ0n) is 7.54. The number of alkyl halides is 4. The number of carbonyl (C=O) groups is 1. The van der Waals surface area contributed by atoms with E-state index in [2.05, 4.69) is 0 Å². The molecule has 1 aromatic rings. The molecule has 0 bridgehead atoms. The molecule has 0 radical (unpaired) electrons. The van der Waals surface area contributed by atoms with Crippen molar-refractivity contribution in [1.29, 1.82) is 0 Å².